The Hall–Kier alpha value is -2.01. The lowest BCUT2D eigenvalue weighted by atomic mass is 9.65. The molecule has 0 aromatic heterocycles. The number of hydrogen-bond donors (Lipinski definition) is 0. The summed E-state index contributed by atoms with van der Waals surface area (Å²) in [5, 5.41) is 11.7. The molecule has 0 bridgehead atoms. The minimum absolute atomic E-state index is 0.228. The lowest BCUT2D eigenvalue weighted by molar-refractivity contribution is 0.324. The molecule has 0 amide bonds. The van der Waals surface area contributed by atoms with Gasteiger partial charge < -0.3 is 4.74 Å². The molecule has 2 aromatic carbocycles. The van der Waals surface area contributed by atoms with E-state index in [0.717, 1.165) is 36.0 Å². The molecule has 1 fully saturated rings. The zero-order chi connectivity index (χ0) is 12.6. The van der Waals surface area contributed by atoms with Crippen LogP contribution in [0.4, 0.5) is 0 Å². The lowest BCUT2D eigenvalue weighted by Gasteiger charge is -2.35. The van der Waals surface area contributed by atoms with Gasteiger partial charge >= 0.3 is 0 Å². The highest BCUT2D eigenvalue weighted by Crippen LogP contribution is 2.43. The Morgan fingerprint density at radius 3 is 2.44 bits per heavy atom. The van der Waals surface area contributed by atoms with Crippen LogP contribution >= 0.6 is 0 Å². The van der Waals surface area contributed by atoms with Gasteiger partial charge in [-0.1, -0.05) is 18.2 Å². The molecule has 2 nitrogen and oxygen atoms in total. The van der Waals surface area contributed by atoms with Crippen molar-refractivity contribution < 1.29 is 4.74 Å². The van der Waals surface area contributed by atoms with Gasteiger partial charge in [0.1, 0.15) is 5.75 Å². The molecule has 0 unspecified atom stereocenters. The Kier molecular flexibility index (Phi) is 2.48. The normalized spacial score (nSPS) is 16.9. The molecule has 1 aliphatic carbocycles. The Morgan fingerprint density at radius 1 is 1.11 bits per heavy atom. The van der Waals surface area contributed by atoms with E-state index in [1.165, 1.54) is 5.39 Å². The third-order valence-corrected chi connectivity index (χ3v) is 4.02. The Bertz CT molecular complexity index is 635. The summed E-state index contributed by atoms with van der Waals surface area (Å²) in [6, 6.07) is 14.9. The van der Waals surface area contributed by atoms with E-state index in [2.05, 4.69) is 30.3 Å². The van der Waals surface area contributed by atoms with Gasteiger partial charge in [-0.2, -0.15) is 5.26 Å². The van der Waals surface area contributed by atoms with E-state index in [9.17, 15) is 5.26 Å². The number of hydrogen-bond acceptors (Lipinski definition) is 2. The first-order valence-electron chi connectivity index (χ1n) is 6.27. The first-order chi connectivity index (χ1) is 8.77. The van der Waals surface area contributed by atoms with Crippen LogP contribution in [0.3, 0.4) is 0 Å². The summed E-state index contributed by atoms with van der Waals surface area (Å²) in [4.78, 5) is 0. The van der Waals surface area contributed by atoms with Crippen LogP contribution in [0.5, 0.6) is 5.75 Å². The molecule has 1 aliphatic rings. The maximum Gasteiger partial charge on any atom is 0.119 e. The number of benzene rings is 2. The molecule has 90 valence electrons. The summed E-state index contributed by atoms with van der Waals surface area (Å²) in [5.74, 6) is 0.869. The fourth-order valence-corrected chi connectivity index (χ4v) is 2.64. The Morgan fingerprint density at radius 2 is 1.83 bits per heavy atom. The summed E-state index contributed by atoms with van der Waals surface area (Å²) in [6.07, 6.45) is 3.14. The molecule has 0 aliphatic heterocycles. The van der Waals surface area contributed by atoms with Crippen LogP contribution < -0.4 is 4.74 Å². The molecule has 0 radical (unpaired) electrons. The number of nitriles is 1. The van der Waals surface area contributed by atoms with Gasteiger partial charge in [0.15, 0.2) is 0 Å². The third kappa shape index (κ3) is 1.55. The molecule has 18 heavy (non-hydrogen) atoms. The topological polar surface area (TPSA) is 33.0 Å². The largest absolute Gasteiger partial charge is 0.497 e. The van der Waals surface area contributed by atoms with Crippen molar-refractivity contribution in [2.45, 2.75) is 24.7 Å². The number of nitrogens with zero attached hydrogens (tertiary/aromatic N) is 1. The Labute approximate surface area is 107 Å². The van der Waals surface area contributed by atoms with Gasteiger partial charge in [0.25, 0.3) is 0 Å². The molecule has 2 aromatic rings. The van der Waals surface area contributed by atoms with Crippen molar-refractivity contribution in [3.63, 3.8) is 0 Å². The monoisotopic (exact) mass is 237 g/mol. The van der Waals surface area contributed by atoms with Gasteiger partial charge in [-0.15, -0.1) is 0 Å². The standard InChI is InChI=1S/C16H15NO/c1-18-15-6-4-12-9-14(5-3-13(12)10-15)16(11-17)7-2-8-16/h3-6,9-10H,2,7-8H2,1H3. The fourth-order valence-electron chi connectivity index (χ4n) is 2.64. The number of ether oxygens (including phenoxy) is 1. The highest BCUT2D eigenvalue weighted by Gasteiger charge is 2.38. The van der Waals surface area contributed by atoms with E-state index in [4.69, 9.17) is 4.74 Å². The molecule has 2 heteroatoms. The summed E-state index contributed by atoms with van der Waals surface area (Å²) >= 11 is 0. The second kappa shape index (κ2) is 4.03. The predicted octanol–water partition coefficient (Wildman–Crippen LogP) is 3.79. The van der Waals surface area contributed by atoms with Crippen molar-refractivity contribution >= 4 is 10.8 Å². The van der Waals surface area contributed by atoms with E-state index in [1.54, 1.807) is 7.11 Å². The molecule has 1 saturated carbocycles. The van der Waals surface area contributed by atoms with E-state index in [0.29, 0.717) is 0 Å². The summed E-state index contributed by atoms with van der Waals surface area (Å²) in [6.45, 7) is 0. The zero-order valence-corrected chi connectivity index (χ0v) is 10.4. The van der Waals surface area contributed by atoms with E-state index in [-0.39, 0.29) is 5.41 Å². The van der Waals surface area contributed by atoms with Gasteiger partial charge in [0.05, 0.1) is 18.6 Å². The van der Waals surface area contributed by atoms with Gasteiger partial charge in [0, 0.05) is 0 Å². The molecule has 0 N–H and O–H groups in total. The van der Waals surface area contributed by atoms with E-state index in [1.807, 2.05) is 12.1 Å². The fraction of sp³-hybridized carbons (Fsp3) is 0.312. The molecular formula is C16H15NO. The number of fused-ring (bicyclic) bond motifs is 1. The maximum atomic E-state index is 9.37. The zero-order valence-electron chi connectivity index (χ0n) is 10.4. The smallest absolute Gasteiger partial charge is 0.119 e. The van der Waals surface area contributed by atoms with Crippen molar-refractivity contribution in [2.24, 2.45) is 0 Å². The minimum Gasteiger partial charge on any atom is -0.497 e. The molecule has 0 heterocycles. The van der Waals surface area contributed by atoms with E-state index >= 15 is 0 Å². The lowest BCUT2D eigenvalue weighted by Crippen LogP contribution is -2.32. The van der Waals surface area contributed by atoms with Crippen LogP contribution in [0.2, 0.25) is 0 Å². The molecule has 3 rings (SSSR count). The van der Waals surface area contributed by atoms with Crippen molar-refractivity contribution in [2.75, 3.05) is 7.11 Å². The molecule has 0 saturated heterocycles. The van der Waals surface area contributed by atoms with Crippen molar-refractivity contribution in [3.05, 3.63) is 42.0 Å². The first kappa shape index (κ1) is 11.1. The van der Waals surface area contributed by atoms with Crippen molar-refractivity contribution in [1.29, 1.82) is 5.26 Å². The van der Waals surface area contributed by atoms with Crippen LogP contribution in [-0.2, 0) is 5.41 Å². The molecule has 0 spiro atoms. The van der Waals surface area contributed by atoms with Crippen LogP contribution in [0.1, 0.15) is 24.8 Å². The quantitative estimate of drug-likeness (QED) is 0.796. The highest BCUT2D eigenvalue weighted by atomic mass is 16.5. The van der Waals surface area contributed by atoms with Crippen LogP contribution in [0, 0.1) is 11.3 Å². The average Bonchev–Trinajstić information content (AvgIpc) is 2.37. The van der Waals surface area contributed by atoms with Crippen LogP contribution in [-0.4, -0.2) is 7.11 Å². The predicted molar refractivity (Wildman–Crippen MR) is 71.6 cm³/mol. The number of methoxy groups -OCH3 is 1. The van der Waals surface area contributed by atoms with E-state index < -0.39 is 0 Å². The average molecular weight is 237 g/mol. The summed E-state index contributed by atoms with van der Waals surface area (Å²) in [7, 11) is 1.68. The third-order valence-electron chi connectivity index (χ3n) is 4.02. The minimum atomic E-state index is -0.228. The highest BCUT2D eigenvalue weighted by molar-refractivity contribution is 5.85. The molecular weight excluding hydrogens is 222 g/mol. The summed E-state index contributed by atoms with van der Waals surface area (Å²) in [5.41, 5.74) is 0.933. The molecule has 0 atom stereocenters. The van der Waals surface area contributed by atoms with Gasteiger partial charge in [-0.25, -0.2) is 0 Å². The second-order valence-corrected chi connectivity index (χ2v) is 4.98. The maximum absolute atomic E-state index is 9.37. The van der Waals surface area contributed by atoms with Crippen LogP contribution in [0.25, 0.3) is 10.8 Å². The SMILES string of the molecule is COc1ccc2cc(C3(C#N)CCC3)ccc2c1. The second-order valence-electron chi connectivity index (χ2n) is 4.98. The van der Waals surface area contributed by atoms with Gasteiger partial charge in [-0.05, 0) is 53.8 Å². The van der Waals surface area contributed by atoms with Crippen LogP contribution in [0.15, 0.2) is 36.4 Å². The number of rotatable bonds is 2. The van der Waals surface area contributed by atoms with Gasteiger partial charge in [0.2, 0.25) is 0 Å². The summed E-state index contributed by atoms with van der Waals surface area (Å²) < 4.78 is 5.22. The van der Waals surface area contributed by atoms with Gasteiger partial charge in [-0.3, -0.25) is 0 Å². The Balaban J connectivity index is 2.09. The van der Waals surface area contributed by atoms with Crippen molar-refractivity contribution in [1.82, 2.24) is 0 Å². The first-order valence-corrected chi connectivity index (χ1v) is 6.27. The van der Waals surface area contributed by atoms with Crippen molar-refractivity contribution in [3.8, 4) is 11.8 Å².